The van der Waals surface area contributed by atoms with Crippen LogP contribution in [0.3, 0.4) is 0 Å². The third kappa shape index (κ3) is 3.85. The quantitative estimate of drug-likeness (QED) is 0.690. The molecule has 146 valence electrons. The minimum Gasteiger partial charge on any atom is -0.454 e. The van der Waals surface area contributed by atoms with Crippen molar-refractivity contribution in [3.63, 3.8) is 0 Å². The van der Waals surface area contributed by atoms with Crippen LogP contribution in [0.2, 0.25) is 0 Å². The molecule has 0 unspecified atom stereocenters. The van der Waals surface area contributed by atoms with Gasteiger partial charge in [0, 0.05) is 12.2 Å². The highest BCUT2D eigenvalue weighted by molar-refractivity contribution is 6.10. The van der Waals surface area contributed by atoms with Gasteiger partial charge in [-0.1, -0.05) is 42.0 Å². The van der Waals surface area contributed by atoms with Crippen molar-refractivity contribution in [1.29, 1.82) is 0 Å². The van der Waals surface area contributed by atoms with Gasteiger partial charge in [0.2, 0.25) is 5.91 Å². The monoisotopic (exact) mass is 386 g/mol. The number of carbonyl (C=O) groups excluding carboxylic acids is 2. The van der Waals surface area contributed by atoms with E-state index in [2.05, 4.69) is 5.32 Å². The second-order valence-corrected chi connectivity index (χ2v) is 7.04. The number of ether oxygens (including phenoxy) is 1. The Morgan fingerprint density at radius 2 is 1.83 bits per heavy atom. The molecule has 1 N–H and O–H groups in total. The van der Waals surface area contributed by atoms with E-state index in [4.69, 9.17) is 4.74 Å². The number of anilines is 2. The first-order valence-corrected chi connectivity index (χ1v) is 9.63. The summed E-state index contributed by atoms with van der Waals surface area (Å²) in [6.45, 7) is 4.44. The zero-order valence-corrected chi connectivity index (χ0v) is 16.4. The van der Waals surface area contributed by atoms with E-state index < -0.39 is 0 Å². The summed E-state index contributed by atoms with van der Waals surface area (Å²) in [6.07, 6.45) is 0.274. The summed E-state index contributed by atoms with van der Waals surface area (Å²) < 4.78 is 6.00. The van der Waals surface area contributed by atoms with Gasteiger partial charge in [-0.05, 0) is 49.7 Å². The zero-order valence-electron chi connectivity index (χ0n) is 16.4. The molecule has 3 aromatic rings. The standard InChI is InChI=1S/C24H22N2O3/c1-3-26-20-9-4-5-10-22(20)29-21-12-11-18(15-19(21)24(26)28)25-23(27)14-17-8-6-7-16(2)13-17/h4-13,15H,3,14H2,1-2H3,(H,25,27). The summed E-state index contributed by atoms with van der Waals surface area (Å²) in [5.74, 6) is 0.836. The van der Waals surface area contributed by atoms with Crippen LogP contribution in [0.5, 0.6) is 11.5 Å². The molecule has 1 heterocycles. The van der Waals surface area contributed by atoms with E-state index in [-0.39, 0.29) is 18.2 Å². The number of fused-ring (bicyclic) bond motifs is 2. The molecule has 0 spiro atoms. The molecular formula is C24H22N2O3. The summed E-state index contributed by atoms with van der Waals surface area (Å²) >= 11 is 0. The Balaban J connectivity index is 1.59. The number of para-hydroxylation sites is 2. The van der Waals surface area contributed by atoms with Gasteiger partial charge in [-0.25, -0.2) is 0 Å². The lowest BCUT2D eigenvalue weighted by atomic mass is 10.1. The number of hydrogen-bond acceptors (Lipinski definition) is 3. The minimum absolute atomic E-state index is 0.131. The molecule has 1 aliphatic heterocycles. The Kier molecular flexibility index (Phi) is 5.04. The fourth-order valence-corrected chi connectivity index (χ4v) is 3.53. The number of amides is 2. The van der Waals surface area contributed by atoms with Crippen LogP contribution in [0, 0.1) is 6.92 Å². The van der Waals surface area contributed by atoms with Crippen molar-refractivity contribution < 1.29 is 14.3 Å². The molecule has 29 heavy (non-hydrogen) atoms. The summed E-state index contributed by atoms with van der Waals surface area (Å²) in [5, 5.41) is 2.89. The molecule has 0 fully saturated rings. The third-order valence-corrected chi connectivity index (χ3v) is 4.88. The van der Waals surface area contributed by atoms with E-state index in [9.17, 15) is 9.59 Å². The lowest BCUT2D eigenvalue weighted by Gasteiger charge is -2.19. The van der Waals surface area contributed by atoms with Crippen LogP contribution in [0.1, 0.15) is 28.4 Å². The maximum absolute atomic E-state index is 13.1. The molecule has 0 aromatic heterocycles. The Labute approximate surface area is 169 Å². The van der Waals surface area contributed by atoms with E-state index in [1.54, 1.807) is 23.1 Å². The van der Waals surface area contributed by atoms with E-state index in [1.165, 1.54) is 0 Å². The maximum atomic E-state index is 13.1. The first-order valence-electron chi connectivity index (χ1n) is 9.63. The Hall–Kier alpha value is -3.60. The third-order valence-electron chi connectivity index (χ3n) is 4.88. The van der Waals surface area contributed by atoms with E-state index in [0.717, 1.165) is 16.8 Å². The molecule has 4 rings (SSSR count). The molecule has 0 saturated heterocycles. The highest BCUT2D eigenvalue weighted by Crippen LogP contribution is 2.39. The first-order chi connectivity index (χ1) is 14.0. The summed E-state index contributed by atoms with van der Waals surface area (Å²) in [5.41, 5.74) is 3.80. The second-order valence-electron chi connectivity index (χ2n) is 7.04. The lowest BCUT2D eigenvalue weighted by Crippen LogP contribution is -2.29. The number of aryl methyl sites for hydroxylation is 1. The van der Waals surface area contributed by atoms with Gasteiger partial charge >= 0.3 is 0 Å². The molecule has 5 heteroatoms. The normalized spacial score (nSPS) is 12.5. The van der Waals surface area contributed by atoms with E-state index >= 15 is 0 Å². The smallest absolute Gasteiger partial charge is 0.262 e. The summed E-state index contributed by atoms with van der Waals surface area (Å²) in [7, 11) is 0. The molecule has 0 saturated carbocycles. The summed E-state index contributed by atoms with van der Waals surface area (Å²) in [6, 6.07) is 20.5. The predicted molar refractivity (Wildman–Crippen MR) is 114 cm³/mol. The highest BCUT2D eigenvalue weighted by Gasteiger charge is 2.27. The van der Waals surface area contributed by atoms with Gasteiger partial charge in [0.05, 0.1) is 17.7 Å². The van der Waals surface area contributed by atoms with Crippen molar-refractivity contribution in [3.05, 3.63) is 83.4 Å². The van der Waals surface area contributed by atoms with Crippen LogP contribution in [0.4, 0.5) is 11.4 Å². The topological polar surface area (TPSA) is 58.6 Å². The van der Waals surface area contributed by atoms with Gasteiger partial charge in [-0.15, -0.1) is 0 Å². The van der Waals surface area contributed by atoms with Crippen molar-refractivity contribution in [2.45, 2.75) is 20.3 Å². The molecule has 0 radical (unpaired) electrons. The highest BCUT2D eigenvalue weighted by atomic mass is 16.5. The molecule has 0 atom stereocenters. The SMILES string of the molecule is CCN1C(=O)c2cc(NC(=O)Cc3cccc(C)c3)ccc2Oc2ccccc21. The molecule has 1 aliphatic rings. The van der Waals surface area contributed by atoms with Crippen LogP contribution >= 0.6 is 0 Å². The molecule has 3 aromatic carbocycles. The van der Waals surface area contributed by atoms with Gasteiger partial charge in [-0.2, -0.15) is 0 Å². The second kappa shape index (κ2) is 7.80. The number of benzene rings is 3. The van der Waals surface area contributed by atoms with Crippen molar-refractivity contribution >= 4 is 23.2 Å². The van der Waals surface area contributed by atoms with Crippen LogP contribution in [0.25, 0.3) is 0 Å². The van der Waals surface area contributed by atoms with E-state index in [0.29, 0.717) is 29.3 Å². The molecule has 0 bridgehead atoms. The zero-order chi connectivity index (χ0) is 20.4. The fourth-order valence-electron chi connectivity index (χ4n) is 3.53. The largest absolute Gasteiger partial charge is 0.454 e. The fraction of sp³-hybridized carbons (Fsp3) is 0.167. The van der Waals surface area contributed by atoms with Gasteiger partial charge in [-0.3, -0.25) is 9.59 Å². The molecular weight excluding hydrogens is 364 g/mol. The predicted octanol–water partition coefficient (Wildman–Crippen LogP) is 4.95. The van der Waals surface area contributed by atoms with Gasteiger partial charge in [0.1, 0.15) is 5.75 Å². The van der Waals surface area contributed by atoms with Crippen LogP contribution in [-0.4, -0.2) is 18.4 Å². The average molecular weight is 386 g/mol. The molecule has 0 aliphatic carbocycles. The number of nitrogens with zero attached hydrogens (tertiary/aromatic N) is 1. The number of carbonyl (C=O) groups is 2. The van der Waals surface area contributed by atoms with Gasteiger partial charge < -0.3 is 15.0 Å². The number of rotatable bonds is 4. The van der Waals surface area contributed by atoms with Crippen molar-refractivity contribution in [1.82, 2.24) is 0 Å². The number of nitrogens with one attached hydrogen (secondary N) is 1. The lowest BCUT2D eigenvalue weighted by molar-refractivity contribution is -0.115. The average Bonchev–Trinajstić information content (AvgIpc) is 2.82. The first kappa shape index (κ1) is 18.7. The van der Waals surface area contributed by atoms with Crippen LogP contribution in [0.15, 0.2) is 66.7 Å². The Bertz CT molecular complexity index is 1090. The van der Waals surface area contributed by atoms with Crippen molar-refractivity contribution in [2.75, 3.05) is 16.8 Å². The number of hydrogen-bond donors (Lipinski definition) is 1. The molecule has 5 nitrogen and oxygen atoms in total. The van der Waals surface area contributed by atoms with Gasteiger partial charge in [0.25, 0.3) is 5.91 Å². The minimum atomic E-state index is -0.151. The summed E-state index contributed by atoms with van der Waals surface area (Å²) in [4.78, 5) is 27.3. The maximum Gasteiger partial charge on any atom is 0.262 e. The van der Waals surface area contributed by atoms with Crippen LogP contribution < -0.4 is 15.0 Å². The Morgan fingerprint density at radius 3 is 2.62 bits per heavy atom. The van der Waals surface area contributed by atoms with E-state index in [1.807, 2.05) is 62.4 Å². The molecule has 2 amide bonds. The van der Waals surface area contributed by atoms with Gasteiger partial charge in [0.15, 0.2) is 5.75 Å². The van der Waals surface area contributed by atoms with Crippen molar-refractivity contribution in [2.24, 2.45) is 0 Å². The van der Waals surface area contributed by atoms with Crippen LogP contribution in [-0.2, 0) is 11.2 Å². The van der Waals surface area contributed by atoms with Crippen molar-refractivity contribution in [3.8, 4) is 11.5 Å². The Morgan fingerprint density at radius 1 is 1.00 bits per heavy atom.